The maximum Gasteiger partial charge on any atom is 0.226 e. The molecule has 0 aliphatic heterocycles. The molecule has 0 saturated carbocycles. The van der Waals surface area contributed by atoms with Crippen molar-refractivity contribution in [3.05, 3.63) is 29.1 Å². The average molecular weight is 276 g/mol. The summed E-state index contributed by atoms with van der Waals surface area (Å²) < 4.78 is 11.1. The lowest BCUT2D eigenvalue weighted by Gasteiger charge is -2.10. The molecule has 2 aromatic rings. The highest BCUT2D eigenvalue weighted by Crippen LogP contribution is 2.15. The molecule has 0 radical (unpaired) electrons. The number of hydrogen-bond donors (Lipinski definition) is 1. The second kappa shape index (κ2) is 5.90. The van der Waals surface area contributed by atoms with Crippen LogP contribution in [-0.4, -0.2) is 21.1 Å². The number of anilines is 1. The minimum absolute atomic E-state index is 0.0780. The van der Waals surface area contributed by atoms with Crippen molar-refractivity contribution >= 4 is 5.95 Å². The Morgan fingerprint density at radius 3 is 2.55 bits per heavy atom. The Hall–Kier alpha value is -2.11. The second-order valence-corrected chi connectivity index (χ2v) is 4.94. The van der Waals surface area contributed by atoms with Gasteiger partial charge < -0.3 is 14.5 Å². The number of nitrogens with one attached hydrogen (secondary N) is 1. The van der Waals surface area contributed by atoms with E-state index in [1.165, 1.54) is 0 Å². The molecule has 0 unspecified atom stereocenters. The summed E-state index contributed by atoms with van der Waals surface area (Å²) in [5.74, 6) is 2.52. The van der Waals surface area contributed by atoms with E-state index < -0.39 is 0 Å². The second-order valence-electron chi connectivity index (χ2n) is 4.94. The van der Waals surface area contributed by atoms with Gasteiger partial charge in [0.2, 0.25) is 17.7 Å². The summed E-state index contributed by atoms with van der Waals surface area (Å²) in [6, 6.07) is 1.81. The Bertz CT molecular complexity index is 573. The van der Waals surface area contributed by atoms with E-state index in [0.29, 0.717) is 24.3 Å². The zero-order valence-corrected chi connectivity index (χ0v) is 12.5. The van der Waals surface area contributed by atoms with Crippen molar-refractivity contribution in [3.63, 3.8) is 0 Å². The van der Waals surface area contributed by atoms with Gasteiger partial charge in [0, 0.05) is 11.8 Å². The number of oxazole rings is 1. The largest absolute Gasteiger partial charge is 0.475 e. The quantitative estimate of drug-likeness (QED) is 0.905. The van der Waals surface area contributed by atoms with Crippen molar-refractivity contribution < 1.29 is 9.15 Å². The predicted molar refractivity (Wildman–Crippen MR) is 75.8 cm³/mol. The SMILES string of the molecule is Cc1cc(OC(C)C)nc(NCc2nc(C)c(C)o2)n1. The topological polar surface area (TPSA) is 73.1 Å². The molecular formula is C14H20N4O2. The first kappa shape index (κ1) is 14.3. The van der Waals surface area contributed by atoms with Crippen molar-refractivity contribution in [3.8, 4) is 5.88 Å². The van der Waals surface area contributed by atoms with Gasteiger partial charge in [0.15, 0.2) is 0 Å². The highest BCUT2D eigenvalue weighted by Gasteiger charge is 2.08. The third-order valence-corrected chi connectivity index (χ3v) is 2.66. The number of hydrogen-bond acceptors (Lipinski definition) is 6. The van der Waals surface area contributed by atoms with Crippen LogP contribution in [0.4, 0.5) is 5.95 Å². The van der Waals surface area contributed by atoms with Crippen LogP contribution in [0.15, 0.2) is 10.5 Å². The molecule has 0 saturated heterocycles. The van der Waals surface area contributed by atoms with Gasteiger partial charge in [-0.05, 0) is 34.6 Å². The number of nitrogens with zero attached hydrogens (tertiary/aromatic N) is 3. The zero-order valence-electron chi connectivity index (χ0n) is 12.5. The van der Waals surface area contributed by atoms with E-state index in [0.717, 1.165) is 17.1 Å². The van der Waals surface area contributed by atoms with Crippen LogP contribution in [0, 0.1) is 20.8 Å². The summed E-state index contributed by atoms with van der Waals surface area (Å²) in [7, 11) is 0. The number of ether oxygens (including phenoxy) is 1. The molecule has 0 fully saturated rings. The summed E-state index contributed by atoms with van der Waals surface area (Å²) in [6.45, 7) is 10.1. The molecule has 2 aromatic heterocycles. The maximum absolute atomic E-state index is 5.58. The highest BCUT2D eigenvalue weighted by molar-refractivity contribution is 5.30. The van der Waals surface area contributed by atoms with Crippen LogP contribution in [0.2, 0.25) is 0 Å². The average Bonchev–Trinajstić information content (AvgIpc) is 2.65. The maximum atomic E-state index is 5.58. The Kier molecular flexibility index (Phi) is 4.22. The van der Waals surface area contributed by atoms with Gasteiger partial charge in [-0.1, -0.05) is 0 Å². The molecular weight excluding hydrogens is 256 g/mol. The lowest BCUT2D eigenvalue weighted by Crippen LogP contribution is -2.10. The Morgan fingerprint density at radius 1 is 1.20 bits per heavy atom. The summed E-state index contributed by atoms with van der Waals surface area (Å²) in [5, 5.41) is 3.10. The molecule has 2 heterocycles. The minimum Gasteiger partial charge on any atom is -0.475 e. The van der Waals surface area contributed by atoms with E-state index in [-0.39, 0.29) is 6.10 Å². The van der Waals surface area contributed by atoms with Gasteiger partial charge in [-0.3, -0.25) is 0 Å². The molecule has 2 rings (SSSR count). The molecule has 0 aromatic carbocycles. The monoisotopic (exact) mass is 276 g/mol. The molecule has 0 aliphatic rings. The minimum atomic E-state index is 0.0780. The first-order valence-corrected chi connectivity index (χ1v) is 6.63. The molecule has 6 nitrogen and oxygen atoms in total. The highest BCUT2D eigenvalue weighted by atomic mass is 16.5. The van der Waals surface area contributed by atoms with E-state index in [4.69, 9.17) is 9.15 Å². The number of rotatable bonds is 5. The molecule has 0 amide bonds. The third kappa shape index (κ3) is 3.69. The summed E-state index contributed by atoms with van der Waals surface area (Å²) in [5.41, 5.74) is 1.74. The molecule has 0 spiro atoms. The number of aromatic nitrogens is 3. The van der Waals surface area contributed by atoms with Crippen LogP contribution in [-0.2, 0) is 6.54 Å². The molecule has 0 atom stereocenters. The van der Waals surface area contributed by atoms with Crippen LogP contribution in [0.1, 0.15) is 36.9 Å². The first-order valence-electron chi connectivity index (χ1n) is 6.63. The normalized spacial score (nSPS) is 10.9. The van der Waals surface area contributed by atoms with Crippen LogP contribution in [0.5, 0.6) is 5.88 Å². The fourth-order valence-electron chi connectivity index (χ4n) is 1.69. The van der Waals surface area contributed by atoms with Crippen molar-refractivity contribution in [2.24, 2.45) is 0 Å². The Morgan fingerprint density at radius 2 is 1.95 bits per heavy atom. The lowest BCUT2D eigenvalue weighted by atomic mass is 10.4. The molecule has 20 heavy (non-hydrogen) atoms. The number of aryl methyl sites for hydroxylation is 3. The molecule has 6 heteroatoms. The van der Waals surface area contributed by atoms with Crippen molar-refractivity contribution in [1.82, 2.24) is 15.0 Å². The van der Waals surface area contributed by atoms with E-state index in [1.54, 1.807) is 0 Å². The van der Waals surface area contributed by atoms with Crippen LogP contribution < -0.4 is 10.1 Å². The third-order valence-electron chi connectivity index (χ3n) is 2.66. The molecule has 0 aliphatic carbocycles. The predicted octanol–water partition coefficient (Wildman–Crippen LogP) is 2.79. The van der Waals surface area contributed by atoms with Crippen LogP contribution in [0.3, 0.4) is 0 Å². The first-order chi connectivity index (χ1) is 9.44. The molecule has 0 bridgehead atoms. The summed E-state index contributed by atoms with van der Waals surface area (Å²) in [6.07, 6.45) is 0.0780. The van der Waals surface area contributed by atoms with E-state index in [9.17, 15) is 0 Å². The van der Waals surface area contributed by atoms with E-state index >= 15 is 0 Å². The van der Waals surface area contributed by atoms with Gasteiger partial charge in [-0.15, -0.1) is 0 Å². The van der Waals surface area contributed by atoms with E-state index in [1.807, 2.05) is 40.7 Å². The Balaban J connectivity index is 2.07. The smallest absolute Gasteiger partial charge is 0.226 e. The van der Waals surface area contributed by atoms with Gasteiger partial charge in [-0.25, -0.2) is 9.97 Å². The zero-order chi connectivity index (χ0) is 14.7. The standard InChI is InChI=1S/C14H20N4O2/c1-8(2)19-12-6-9(3)16-14(18-12)15-7-13-17-10(4)11(5)20-13/h6,8H,7H2,1-5H3,(H,15,16,18). The van der Waals surface area contributed by atoms with E-state index in [2.05, 4.69) is 20.3 Å². The van der Waals surface area contributed by atoms with Crippen molar-refractivity contribution in [1.29, 1.82) is 0 Å². The van der Waals surface area contributed by atoms with Crippen LogP contribution in [0.25, 0.3) is 0 Å². The van der Waals surface area contributed by atoms with Crippen LogP contribution >= 0.6 is 0 Å². The summed E-state index contributed by atoms with van der Waals surface area (Å²) in [4.78, 5) is 12.9. The molecule has 1 N–H and O–H groups in total. The van der Waals surface area contributed by atoms with Crippen molar-refractivity contribution in [2.45, 2.75) is 47.3 Å². The Labute approximate surface area is 118 Å². The summed E-state index contributed by atoms with van der Waals surface area (Å²) >= 11 is 0. The lowest BCUT2D eigenvalue weighted by molar-refractivity contribution is 0.232. The fraction of sp³-hybridized carbons (Fsp3) is 0.500. The van der Waals surface area contributed by atoms with Gasteiger partial charge in [0.1, 0.15) is 5.76 Å². The fourth-order valence-corrected chi connectivity index (χ4v) is 1.69. The van der Waals surface area contributed by atoms with Gasteiger partial charge in [0.25, 0.3) is 0 Å². The molecule has 108 valence electrons. The van der Waals surface area contributed by atoms with Gasteiger partial charge in [0.05, 0.1) is 18.3 Å². The van der Waals surface area contributed by atoms with Crippen molar-refractivity contribution in [2.75, 3.05) is 5.32 Å². The van der Waals surface area contributed by atoms with Gasteiger partial charge in [-0.2, -0.15) is 4.98 Å². The van der Waals surface area contributed by atoms with Gasteiger partial charge >= 0.3 is 0 Å².